The summed E-state index contributed by atoms with van der Waals surface area (Å²) in [6.07, 6.45) is 3.16. The van der Waals surface area contributed by atoms with Crippen molar-refractivity contribution < 1.29 is 11.9 Å². The van der Waals surface area contributed by atoms with E-state index in [1.807, 2.05) is 0 Å². The molecule has 0 amide bonds. The topological polar surface area (TPSA) is 57.5 Å². The van der Waals surface area contributed by atoms with Crippen LogP contribution in [-0.4, -0.2) is 33.7 Å². The molecule has 46 valence electrons. The molecule has 0 aliphatic rings. The fourth-order valence-electron chi connectivity index (χ4n) is 0. The van der Waals surface area contributed by atoms with Gasteiger partial charge in [-0.1, -0.05) is 0 Å². The molecule has 0 heterocycles. The molecule has 5 heteroatoms. The minimum atomic E-state index is -4.21. The van der Waals surface area contributed by atoms with Crippen LogP contribution < -0.4 is 0 Å². The molecule has 0 fully saturated rings. The Bertz CT molecular complexity index is 95.1. The number of hydrogen-bond donors (Lipinski definition) is 3. The normalized spacial score (nSPS) is 14.0. The summed E-state index contributed by atoms with van der Waals surface area (Å²) in [5.41, 5.74) is 0. The van der Waals surface area contributed by atoms with Crippen LogP contribution in [0.1, 0.15) is 0 Å². The molecule has 2 N–H and O–H groups in total. The summed E-state index contributed by atoms with van der Waals surface area (Å²) in [5.74, 6) is 0. The third kappa shape index (κ3) is 3.23. The van der Waals surface area contributed by atoms with Crippen LogP contribution >= 0.6 is 9.16 Å². The van der Waals surface area contributed by atoms with E-state index in [-0.39, 0.29) is 0 Å². The third-order valence-electron chi connectivity index (χ3n) is 0.521. The average Bonchev–Trinajstić information content (AvgIpc) is 1.31. The summed E-state index contributed by atoms with van der Waals surface area (Å²) in [6, 6.07) is 0. The van der Waals surface area contributed by atoms with Crippen molar-refractivity contribution >= 4 is 22.2 Å². The SMILES string of the molecule is C[SH](C)[As](=O)(O)O. The minimum absolute atomic E-state index is 1.01. The van der Waals surface area contributed by atoms with E-state index in [0.717, 1.165) is 0 Å². The van der Waals surface area contributed by atoms with Crippen molar-refractivity contribution in [1.29, 1.82) is 0 Å². The summed E-state index contributed by atoms with van der Waals surface area (Å²) in [4.78, 5) is 0. The van der Waals surface area contributed by atoms with E-state index in [2.05, 4.69) is 0 Å². The van der Waals surface area contributed by atoms with Crippen LogP contribution in [0.3, 0.4) is 0 Å². The maximum absolute atomic E-state index is 10.1. The molecular formula is C2H9AsO3S. The number of hydrogen-bond acceptors (Lipinski definition) is 1. The molecule has 0 aromatic rings. The van der Waals surface area contributed by atoms with E-state index >= 15 is 0 Å². The van der Waals surface area contributed by atoms with Gasteiger partial charge in [0.15, 0.2) is 0 Å². The zero-order valence-corrected chi connectivity index (χ0v) is 6.97. The van der Waals surface area contributed by atoms with E-state index in [0.29, 0.717) is 0 Å². The molecule has 0 aliphatic heterocycles. The van der Waals surface area contributed by atoms with Gasteiger partial charge in [-0.15, -0.1) is 0 Å². The molecule has 7 heavy (non-hydrogen) atoms. The summed E-state index contributed by atoms with van der Waals surface area (Å²) >= 11 is -4.21. The van der Waals surface area contributed by atoms with Crippen molar-refractivity contribution in [2.75, 3.05) is 12.5 Å². The molecule has 0 aliphatic carbocycles. The van der Waals surface area contributed by atoms with Gasteiger partial charge >= 0.3 is 46.6 Å². The van der Waals surface area contributed by atoms with E-state index in [9.17, 15) is 3.74 Å². The second-order valence-corrected chi connectivity index (χ2v) is 13.0. The van der Waals surface area contributed by atoms with Gasteiger partial charge in [0.05, 0.1) is 0 Å². The molecule has 0 saturated heterocycles. The molecule has 0 aromatic carbocycles. The molecule has 0 aromatic heterocycles. The van der Waals surface area contributed by atoms with Gasteiger partial charge < -0.3 is 0 Å². The van der Waals surface area contributed by atoms with Crippen LogP contribution in [0.15, 0.2) is 0 Å². The second kappa shape index (κ2) is 2.27. The maximum atomic E-state index is 10.1. The summed E-state index contributed by atoms with van der Waals surface area (Å²) in [6.45, 7) is 0. The van der Waals surface area contributed by atoms with Gasteiger partial charge in [0.25, 0.3) is 0 Å². The van der Waals surface area contributed by atoms with E-state index in [1.54, 1.807) is 12.5 Å². The molecule has 0 radical (unpaired) electrons. The summed E-state index contributed by atoms with van der Waals surface area (Å²) in [5, 5.41) is 0. The van der Waals surface area contributed by atoms with Gasteiger partial charge in [-0.05, 0) is 0 Å². The Hall–Kier alpha value is 0.628. The van der Waals surface area contributed by atoms with Crippen molar-refractivity contribution in [3.63, 3.8) is 0 Å². The van der Waals surface area contributed by atoms with Crippen molar-refractivity contribution in [1.82, 2.24) is 0 Å². The predicted octanol–water partition coefficient (Wildman–Crippen LogP) is -0.902. The first-order valence-electron chi connectivity index (χ1n) is 1.68. The van der Waals surface area contributed by atoms with Gasteiger partial charge in [0.1, 0.15) is 0 Å². The van der Waals surface area contributed by atoms with Crippen LogP contribution in [0.5, 0.6) is 0 Å². The van der Waals surface area contributed by atoms with Crippen LogP contribution in [0, 0.1) is 0 Å². The Kier molecular flexibility index (Phi) is 2.47. The van der Waals surface area contributed by atoms with Crippen LogP contribution in [0.2, 0.25) is 0 Å². The Morgan fingerprint density at radius 1 is 1.43 bits per heavy atom. The molecule has 0 spiro atoms. The quantitative estimate of drug-likeness (QED) is 0.369. The standard InChI is InChI=1S/C2H9AsO3S/c1-7(2)3(4,5)6/h7H,1-2H3,(H2,4,5,6). The van der Waals surface area contributed by atoms with Gasteiger partial charge in [0.2, 0.25) is 0 Å². The van der Waals surface area contributed by atoms with E-state index in [4.69, 9.17) is 8.19 Å². The van der Waals surface area contributed by atoms with Crippen LogP contribution in [0.25, 0.3) is 0 Å². The molecule has 0 rings (SSSR count). The van der Waals surface area contributed by atoms with E-state index < -0.39 is 22.2 Å². The van der Waals surface area contributed by atoms with Crippen molar-refractivity contribution in [3.05, 3.63) is 0 Å². The number of rotatable bonds is 1. The van der Waals surface area contributed by atoms with Gasteiger partial charge in [-0.2, -0.15) is 0 Å². The molecule has 3 nitrogen and oxygen atoms in total. The fourth-order valence-corrected chi connectivity index (χ4v) is 0. The Balaban J connectivity index is 3.80. The van der Waals surface area contributed by atoms with Crippen LogP contribution in [0.4, 0.5) is 0 Å². The first-order chi connectivity index (χ1) is 2.94. The van der Waals surface area contributed by atoms with Crippen molar-refractivity contribution in [3.8, 4) is 0 Å². The molecule has 0 saturated carbocycles. The zero-order chi connectivity index (χ0) is 6.08. The summed E-state index contributed by atoms with van der Waals surface area (Å²) in [7, 11) is -1.01. The van der Waals surface area contributed by atoms with Crippen molar-refractivity contribution in [2.24, 2.45) is 0 Å². The van der Waals surface area contributed by atoms with Crippen molar-refractivity contribution in [2.45, 2.75) is 0 Å². The number of thiol groups is 1. The first-order valence-corrected chi connectivity index (χ1v) is 8.83. The first kappa shape index (κ1) is 7.63. The molecule has 0 bridgehead atoms. The van der Waals surface area contributed by atoms with Gasteiger partial charge in [0, 0.05) is 0 Å². The Morgan fingerprint density at radius 2 is 1.57 bits per heavy atom. The monoisotopic (exact) mass is 188 g/mol. The fraction of sp³-hybridized carbons (Fsp3) is 1.00. The Labute approximate surface area is 47.1 Å². The second-order valence-electron chi connectivity index (χ2n) is 1.36. The van der Waals surface area contributed by atoms with Gasteiger partial charge in [-0.25, -0.2) is 0 Å². The average molecular weight is 188 g/mol. The predicted molar refractivity (Wildman–Crippen MR) is 31.7 cm³/mol. The van der Waals surface area contributed by atoms with Crippen LogP contribution in [-0.2, 0) is 3.74 Å². The molecular weight excluding hydrogens is 179 g/mol. The third-order valence-corrected chi connectivity index (χ3v) is 8.12. The van der Waals surface area contributed by atoms with Gasteiger partial charge in [-0.3, -0.25) is 0 Å². The zero-order valence-electron chi connectivity index (χ0n) is 4.20. The Morgan fingerprint density at radius 3 is 1.57 bits per heavy atom. The summed E-state index contributed by atoms with van der Waals surface area (Å²) < 4.78 is 26.7. The molecule has 0 atom stereocenters. The van der Waals surface area contributed by atoms with E-state index in [1.165, 1.54) is 0 Å². The molecule has 0 unspecified atom stereocenters.